The van der Waals surface area contributed by atoms with Crippen LogP contribution in [0.15, 0.2) is 42.5 Å². The summed E-state index contributed by atoms with van der Waals surface area (Å²) in [5.74, 6) is -0.128. The molecular weight excluding hydrogens is 248 g/mol. The average Bonchev–Trinajstić information content (AvgIpc) is 2.48. The first-order valence-corrected chi connectivity index (χ1v) is 6.83. The van der Waals surface area contributed by atoms with Crippen LogP contribution in [0.25, 0.3) is 0 Å². The van der Waals surface area contributed by atoms with Crippen LogP contribution in [-0.2, 0) is 13.0 Å². The molecule has 3 N–H and O–H groups in total. The first-order chi connectivity index (χ1) is 9.63. The lowest BCUT2D eigenvalue weighted by Gasteiger charge is -2.11. The van der Waals surface area contributed by atoms with E-state index in [0.29, 0.717) is 17.8 Å². The highest BCUT2D eigenvalue weighted by Gasteiger charge is 2.11. The monoisotopic (exact) mass is 268 g/mol. The van der Waals surface area contributed by atoms with E-state index >= 15 is 0 Å². The molecule has 0 fully saturated rings. The highest BCUT2D eigenvalue weighted by molar-refractivity contribution is 5.99. The fourth-order valence-corrected chi connectivity index (χ4v) is 2.22. The van der Waals surface area contributed by atoms with Gasteiger partial charge in [0.05, 0.1) is 5.56 Å². The second-order valence-corrected chi connectivity index (χ2v) is 4.84. The van der Waals surface area contributed by atoms with E-state index in [2.05, 4.69) is 18.3 Å². The van der Waals surface area contributed by atoms with E-state index in [1.807, 2.05) is 37.3 Å². The van der Waals surface area contributed by atoms with Gasteiger partial charge in [0.2, 0.25) is 0 Å². The molecule has 0 radical (unpaired) electrons. The van der Waals surface area contributed by atoms with E-state index in [-0.39, 0.29) is 5.91 Å². The van der Waals surface area contributed by atoms with E-state index in [0.717, 1.165) is 17.5 Å². The minimum absolute atomic E-state index is 0.128. The van der Waals surface area contributed by atoms with E-state index < -0.39 is 0 Å². The SMILES string of the molecule is CCc1ccccc1CNC(=O)c1cccc(C)c1N. The Kier molecular flexibility index (Phi) is 4.41. The standard InChI is InChI=1S/C17H20N2O/c1-3-13-8-4-5-9-14(13)11-19-17(20)15-10-6-7-12(2)16(15)18/h4-10H,3,11,18H2,1-2H3,(H,19,20). The zero-order chi connectivity index (χ0) is 14.5. The molecule has 0 aliphatic rings. The van der Waals surface area contributed by atoms with E-state index in [1.165, 1.54) is 5.56 Å². The van der Waals surface area contributed by atoms with Gasteiger partial charge in [0, 0.05) is 12.2 Å². The number of aryl methyl sites for hydroxylation is 2. The normalized spacial score (nSPS) is 10.3. The van der Waals surface area contributed by atoms with Crippen LogP contribution >= 0.6 is 0 Å². The van der Waals surface area contributed by atoms with E-state index in [1.54, 1.807) is 6.07 Å². The number of carbonyl (C=O) groups is 1. The number of benzene rings is 2. The van der Waals surface area contributed by atoms with Crippen molar-refractivity contribution < 1.29 is 4.79 Å². The van der Waals surface area contributed by atoms with Gasteiger partial charge < -0.3 is 11.1 Å². The molecule has 0 unspecified atom stereocenters. The van der Waals surface area contributed by atoms with Crippen LogP contribution in [0, 0.1) is 6.92 Å². The van der Waals surface area contributed by atoms with Gasteiger partial charge in [-0.25, -0.2) is 0 Å². The maximum absolute atomic E-state index is 12.2. The van der Waals surface area contributed by atoms with Crippen LogP contribution < -0.4 is 11.1 Å². The Balaban J connectivity index is 2.11. The first kappa shape index (κ1) is 14.1. The Hall–Kier alpha value is -2.29. The summed E-state index contributed by atoms with van der Waals surface area (Å²) in [5.41, 5.74) is 10.4. The van der Waals surface area contributed by atoms with Crippen molar-refractivity contribution in [3.63, 3.8) is 0 Å². The second-order valence-electron chi connectivity index (χ2n) is 4.84. The summed E-state index contributed by atoms with van der Waals surface area (Å²) in [6.07, 6.45) is 0.957. The Morgan fingerprint density at radius 3 is 2.50 bits per heavy atom. The molecule has 0 spiro atoms. The number of nitrogens with one attached hydrogen (secondary N) is 1. The van der Waals surface area contributed by atoms with Gasteiger partial charge in [0.1, 0.15) is 0 Å². The highest BCUT2D eigenvalue weighted by atomic mass is 16.1. The minimum Gasteiger partial charge on any atom is -0.398 e. The number of hydrogen-bond donors (Lipinski definition) is 2. The minimum atomic E-state index is -0.128. The van der Waals surface area contributed by atoms with Crippen LogP contribution in [0.4, 0.5) is 5.69 Å². The quantitative estimate of drug-likeness (QED) is 0.837. The molecule has 2 aromatic carbocycles. The largest absolute Gasteiger partial charge is 0.398 e. The van der Waals surface area contributed by atoms with E-state index in [4.69, 9.17) is 5.73 Å². The molecular formula is C17H20N2O. The number of amides is 1. The van der Waals surface area contributed by atoms with Crippen molar-refractivity contribution in [3.05, 3.63) is 64.7 Å². The predicted octanol–water partition coefficient (Wildman–Crippen LogP) is 3.07. The summed E-state index contributed by atoms with van der Waals surface area (Å²) < 4.78 is 0. The molecule has 0 bridgehead atoms. The molecule has 0 aliphatic heterocycles. The third kappa shape index (κ3) is 2.99. The van der Waals surface area contributed by atoms with Gasteiger partial charge in [0.25, 0.3) is 5.91 Å². The Labute approximate surface area is 119 Å². The number of rotatable bonds is 4. The average molecular weight is 268 g/mol. The van der Waals surface area contributed by atoms with Crippen molar-refractivity contribution in [1.29, 1.82) is 0 Å². The molecule has 0 saturated carbocycles. The highest BCUT2D eigenvalue weighted by Crippen LogP contribution is 2.16. The molecule has 0 aromatic heterocycles. The summed E-state index contributed by atoms with van der Waals surface area (Å²) in [6.45, 7) is 4.54. The van der Waals surface area contributed by atoms with Crippen LogP contribution in [0.2, 0.25) is 0 Å². The van der Waals surface area contributed by atoms with Crippen LogP contribution in [0.3, 0.4) is 0 Å². The maximum atomic E-state index is 12.2. The first-order valence-electron chi connectivity index (χ1n) is 6.83. The molecule has 2 rings (SSSR count). The van der Waals surface area contributed by atoms with Gasteiger partial charge in [-0.05, 0) is 36.1 Å². The lowest BCUT2D eigenvalue weighted by molar-refractivity contribution is 0.0951. The smallest absolute Gasteiger partial charge is 0.253 e. The maximum Gasteiger partial charge on any atom is 0.253 e. The van der Waals surface area contributed by atoms with Gasteiger partial charge in [-0.1, -0.05) is 43.3 Å². The van der Waals surface area contributed by atoms with Crippen molar-refractivity contribution in [2.45, 2.75) is 26.8 Å². The van der Waals surface area contributed by atoms with Gasteiger partial charge in [-0.15, -0.1) is 0 Å². The lowest BCUT2D eigenvalue weighted by atomic mass is 10.0. The number of anilines is 1. The molecule has 2 aromatic rings. The van der Waals surface area contributed by atoms with Crippen LogP contribution in [0.5, 0.6) is 0 Å². The summed E-state index contributed by atoms with van der Waals surface area (Å²) in [6, 6.07) is 13.6. The van der Waals surface area contributed by atoms with E-state index in [9.17, 15) is 4.79 Å². The number of hydrogen-bond acceptors (Lipinski definition) is 2. The predicted molar refractivity (Wildman–Crippen MR) is 82.6 cm³/mol. The fraction of sp³-hybridized carbons (Fsp3) is 0.235. The molecule has 0 saturated heterocycles. The van der Waals surface area contributed by atoms with Crippen LogP contribution in [-0.4, -0.2) is 5.91 Å². The zero-order valence-electron chi connectivity index (χ0n) is 11.9. The number of nitrogen functional groups attached to an aromatic ring is 1. The molecule has 20 heavy (non-hydrogen) atoms. The van der Waals surface area contributed by atoms with Gasteiger partial charge in [0.15, 0.2) is 0 Å². The van der Waals surface area contributed by atoms with Crippen molar-refractivity contribution in [1.82, 2.24) is 5.32 Å². The lowest BCUT2D eigenvalue weighted by Crippen LogP contribution is -2.24. The van der Waals surface area contributed by atoms with Crippen molar-refractivity contribution >= 4 is 11.6 Å². The molecule has 3 nitrogen and oxygen atoms in total. The molecule has 0 heterocycles. The molecule has 0 atom stereocenters. The molecule has 3 heteroatoms. The molecule has 1 amide bonds. The van der Waals surface area contributed by atoms with Gasteiger partial charge in [-0.3, -0.25) is 4.79 Å². The fourth-order valence-electron chi connectivity index (χ4n) is 2.22. The second kappa shape index (κ2) is 6.24. The summed E-state index contributed by atoms with van der Waals surface area (Å²) in [7, 11) is 0. The van der Waals surface area contributed by atoms with Crippen molar-refractivity contribution in [2.24, 2.45) is 0 Å². The third-order valence-corrected chi connectivity index (χ3v) is 3.51. The number of nitrogens with two attached hydrogens (primary N) is 1. The van der Waals surface area contributed by atoms with Crippen molar-refractivity contribution in [3.8, 4) is 0 Å². The summed E-state index contributed by atoms with van der Waals surface area (Å²) in [5, 5.41) is 2.94. The van der Waals surface area contributed by atoms with Crippen LogP contribution in [0.1, 0.15) is 34.0 Å². The zero-order valence-corrected chi connectivity index (χ0v) is 11.9. The topological polar surface area (TPSA) is 55.1 Å². The Morgan fingerprint density at radius 1 is 1.10 bits per heavy atom. The Morgan fingerprint density at radius 2 is 1.80 bits per heavy atom. The van der Waals surface area contributed by atoms with Crippen molar-refractivity contribution in [2.75, 3.05) is 5.73 Å². The summed E-state index contributed by atoms with van der Waals surface area (Å²) >= 11 is 0. The molecule has 104 valence electrons. The summed E-state index contributed by atoms with van der Waals surface area (Å²) in [4.78, 5) is 12.2. The van der Waals surface area contributed by atoms with Gasteiger partial charge in [-0.2, -0.15) is 0 Å². The number of para-hydroxylation sites is 1. The third-order valence-electron chi connectivity index (χ3n) is 3.51. The van der Waals surface area contributed by atoms with Gasteiger partial charge >= 0.3 is 0 Å². The number of carbonyl (C=O) groups excluding carboxylic acids is 1. The molecule has 0 aliphatic carbocycles. The Bertz CT molecular complexity index is 620.